The molecule has 114 valence electrons. The van der Waals surface area contributed by atoms with Gasteiger partial charge in [-0.25, -0.2) is 13.2 Å². The first-order valence-electron chi connectivity index (χ1n) is 6.19. The predicted octanol–water partition coefficient (Wildman–Crippen LogP) is 4.49. The third-order valence-corrected chi connectivity index (χ3v) is 2.77. The van der Waals surface area contributed by atoms with E-state index in [9.17, 15) is 26.3 Å². The molecule has 20 heavy (non-hydrogen) atoms. The van der Waals surface area contributed by atoms with E-state index in [0.29, 0.717) is 13.0 Å². The number of alkyl halides is 3. The van der Waals surface area contributed by atoms with E-state index >= 15 is 0 Å². The zero-order chi connectivity index (χ0) is 15.3. The molecule has 0 amide bonds. The van der Waals surface area contributed by atoms with E-state index in [-0.39, 0.29) is 12.0 Å². The third kappa shape index (κ3) is 5.03. The Morgan fingerprint density at radius 2 is 1.65 bits per heavy atom. The molecule has 7 heteroatoms. The molecule has 0 bridgehead atoms. The number of nitrogens with one attached hydrogen (secondary N) is 1. The maximum atomic E-state index is 13.1. The van der Waals surface area contributed by atoms with Gasteiger partial charge in [-0.3, -0.25) is 0 Å². The van der Waals surface area contributed by atoms with Crippen molar-refractivity contribution < 1.29 is 26.3 Å². The van der Waals surface area contributed by atoms with Crippen LogP contribution in [0.25, 0.3) is 0 Å². The highest BCUT2D eigenvalue weighted by molar-refractivity contribution is 5.22. The summed E-state index contributed by atoms with van der Waals surface area (Å²) >= 11 is 0. The van der Waals surface area contributed by atoms with Crippen LogP contribution in [0.5, 0.6) is 0 Å². The maximum Gasteiger partial charge on any atom is 0.389 e. The van der Waals surface area contributed by atoms with E-state index in [1.165, 1.54) is 0 Å². The lowest BCUT2D eigenvalue weighted by molar-refractivity contribution is -0.136. The third-order valence-electron chi connectivity index (χ3n) is 2.77. The zero-order valence-corrected chi connectivity index (χ0v) is 10.8. The van der Waals surface area contributed by atoms with E-state index in [2.05, 4.69) is 5.32 Å². The molecule has 1 aromatic carbocycles. The highest BCUT2D eigenvalue weighted by atomic mass is 19.4. The summed E-state index contributed by atoms with van der Waals surface area (Å²) in [5, 5.41) is 2.78. The SMILES string of the molecule is CCCNC(CCC(F)(F)F)c1cc(F)c(F)c(F)c1. The van der Waals surface area contributed by atoms with Crippen molar-refractivity contribution in [3.8, 4) is 0 Å². The van der Waals surface area contributed by atoms with Crippen LogP contribution in [0, 0.1) is 17.5 Å². The second-order valence-corrected chi connectivity index (χ2v) is 4.46. The summed E-state index contributed by atoms with van der Waals surface area (Å²) in [4.78, 5) is 0. The highest BCUT2D eigenvalue weighted by Crippen LogP contribution is 2.29. The summed E-state index contributed by atoms with van der Waals surface area (Å²) in [6, 6.07) is 0.575. The zero-order valence-electron chi connectivity index (χ0n) is 10.8. The van der Waals surface area contributed by atoms with E-state index in [0.717, 1.165) is 12.1 Å². The van der Waals surface area contributed by atoms with Gasteiger partial charge in [0.2, 0.25) is 0 Å². The van der Waals surface area contributed by atoms with E-state index < -0.39 is 36.1 Å². The molecule has 1 atom stereocenters. The molecule has 1 N–H and O–H groups in total. The van der Waals surface area contributed by atoms with Crippen LogP contribution in [0.1, 0.15) is 37.8 Å². The Kier molecular flexibility index (Phi) is 5.86. The van der Waals surface area contributed by atoms with Crippen molar-refractivity contribution in [2.45, 2.75) is 38.4 Å². The smallest absolute Gasteiger partial charge is 0.310 e. The van der Waals surface area contributed by atoms with E-state index in [1.807, 2.05) is 0 Å². The summed E-state index contributed by atoms with van der Waals surface area (Å²) in [6.07, 6.45) is -5.17. The lowest BCUT2D eigenvalue weighted by Crippen LogP contribution is -2.24. The average molecular weight is 299 g/mol. The van der Waals surface area contributed by atoms with Crippen molar-refractivity contribution in [3.05, 3.63) is 35.1 Å². The van der Waals surface area contributed by atoms with Crippen LogP contribution < -0.4 is 5.32 Å². The molecule has 1 nitrogen and oxygen atoms in total. The van der Waals surface area contributed by atoms with Crippen LogP contribution in [-0.4, -0.2) is 12.7 Å². The van der Waals surface area contributed by atoms with Crippen molar-refractivity contribution in [2.24, 2.45) is 0 Å². The van der Waals surface area contributed by atoms with Gasteiger partial charge >= 0.3 is 6.18 Å². The molecule has 0 spiro atoms. The summed E-state index contributed by atoms with van der Waals surface area (Å²) in [5.41, 5.74) is -0.0286. The standard InChI is InChI=1S/C13H15F6N/c1-2-5-20-11(3-4-13(17,18)19)8-6-9(14)12(16)10(15)7-8/h6-7,11,20H,2-5H2,1H3. The van der Waals surface area contributed by atoms with Gasteiger partial charge in [0.15, 0.2) is 17.5 Å². The first-order chi connectivity index (χ1) is 9.24. The fourth-order valence-electron chi connectivity index (χ4n) is 1.79. The molecule has 0 aliphatic carbocycles. The molecule has 1 unspecified atom stereocenters. The molecule has 0 aliphatic rings. The molecule has 0 fully saturated rings. The molecule has 0 saturated carbocycles. The molecular weight excluding hydrogens is 284 g/mol. The molecule has 0 aromatic heterocycles. The number of hydrogen-bond donors (Lipinski definition) is 1. The van der Waals surface area contributed by atoms with Crippen molar-refractivity contribution in [1.29, 1.82) is 0 Å². The fourth-order valence-corrected chi connectivity index (χ4v) is 1.79. The monoisotopic (exact) mass is 299 g/mol. The Bertz CT molecular complexity index is 420. The Labute approximate surface area is 113 Å². The quantitative estimate of drug-likeness (QED) is 0.603. The topological polar surface area (TPSA) is 12.0 Å². The summed E-state index contributed by atoms with van der Waals surface area (Å²) in [5.74, 6) is -4.44. The first-order valence-corrected chi connectivity index (χ1v) is 6.19. The fraction of sp³-hybridized carbons (Fsp3) is 0.538. The van der Waals surface area contributed by atoms with Crippen molar-refractivity contribution >= 4 is 0 Å². The number of halogens is 6. The minimum Gasteiger partial charge on any atom is -0.310 e. The van der Waals surface area contributed by atoms with Gasteiger partial charge in [0.05, 0.1) is 0 Å². The highest BCUT2D eigenvalue weighted by Gasteiger charge is 2.29. The molecule has 1 rings (SSSR count). The molecule has 0 radical (unpaired) electrons. The maximum absolute atomic E-state index is 13.1. The first kappa shape index (κ1) is 16.8. The van der Waals surface area contributed by atoms with Gasteiger partial charge in [0.25, 0.3) is 0 Å². The lowest BCUT2D eigenvalue weighted by atomic mass is 10.0. The van der Waals surface area contributed by atoms with Crippen molar-refractivity contribution in [3.63, 3.8) is 0 Å². The molecule has 0 saturated heterocycles. The number of rotatable bonds is 6. The van der Waals surface area contributed by atoms with Crippen LogP contribution >= 0.6 is 0 Å². The number of hydrogen-bond acceptors (Lipinski definition) is 1. The van der Waals surface area contributed by atoms with Gasteiger partial charge in [-0.1, -0.05) is 6.92 Å². The van der Waals surface area contributed by atoms with Gasteiger partial charge < -0.3 is 5.32 Å². The Morgan fingerprint density at radius 3 is 2.10 bits per heavy atom. The van der Waals surface area contributed by atoms with Gasteiger partial charge in [0, 0.05) is 12.5 Å². The molecule has 1 aromatic rings. The normalized spacial score (nSPS) is 13.6. The van der Waals surface area contributed by atoms with E-state index in [1.54, 1.807) is 6.92 Å². The minimum absolute atomic E-state index is 0.0286. The second-order valence-electron chi connectivity index (χ2n) is 4.46. The van der Waals surface area contributed by atoms with Crippen LogP contribution in [0.4, 0.5) is 26.3 Å². The Hall–Kier alpha value is -1.24. The van der Waals surface area contributed by atoms with Crippen LogP contribution in [0.3, 0.4) is 0 Å². The largest absolute Gasteiger partial charge is 0.389 e. The van der Waals surface area contributed by atoms with Crippen LogP contribution in [0.15, 0.2) is 12.1 Å². The van der Waals surface area contributed by atoms with Gasteiger partial charge in [-0.15, -0.1) is 0 Å². The molecular formula is C13H15F6N. The number of benzene rings is 1. The minimum atomic E-state index is -4.36. The molecule has 0 aliphatic heterocycles. The van der Waals surface area contributed by atoms with Gasteiger partial charge in [-0.05, 0) is 37.1 Å². The summed E-state index contributed by atoms with van der Waals surface area (Å²) in [7, 11) is 0. The Balaban J connectivity index is 2.92. The summed E-state index contributed by atoms with van der Waals surface area (Å²) in [6.45, 7) is 2.20. The lowest BCUT2D eigenvalue weighted by Gasteiger charge is -2.20. The average Bonchev–Trinajstić information content (AvgIpc) is 2.34. The predicted molar refractivity (Wildman–Crippen MR) is 62.6 cm³/mol. The van der Waals surface area contributed by atoms with Gasteiger partial charge in [-0.2, -0.15) is 13.2 Å². The van der Waals surface area contributed by atoms with Gasteiger partial charge in [0.1, 0.15) is 0 Å². The van der Waals surface area contributed by atoms with Crippen LogP contribution in [-0.2, 0) is 0 Å². The van der Waals surface area contributed by atoms with Crippen molar-refractivity contribution in [1.82, 2.24) is 5.32 Å². The molecule has 0 heterocycles. The second kappa shape index (κ2) is 6.97. The summed E-state index contributed by atoms with van der Waals surface area (Å²) < 4.78 is 75.8. The van der Waals surface area contributed by atoms with E-state index in [4.69, 9.17) is 0 Å². The van der Waals surface area contributed by atoms with Crippen molar-refractivity contribution in [2.75, 3.05) is 6.54 Å². The Morgan fingerprint density at radius 1 is 1.10 bits per heavy atom. The van der Waals surface area contributed by atoms with Crippen LogP contribution in [0.2, 0.25) is 0 Å².